The molecule has 0 saturated heterocycles. The molecule has 0 aromatic carbocycles. The molecule has 0 aromatic rings. The fraction of sp³-hybridized carbons (Fsp3) is 1.00. The highest BCUT2D eigenvalue weighted by atomic mass is 35.5. The molecular weight excluding hydrogens is 436 g/mol. The Morgan fingerprint density at radius 2 is 0.900 bits per heavy atom. The Balaban J connectivity index is 3.67. The third kappa shape index (κ3) is 13.9. The molecule has 0 spiro atoms. The van der Waals surface area contributed by atoms with E-state index >= 15 is 0 Å². The molecule has 0 amide bonds. The molecule has 0 unspecified atom stereocenters. The van der Waals surface area contributed by atoms with Crippen molar-refractivity contribution in [2.24, 2.45) is 0 Å². The first-order chi connectivity index (χ1) is 9.04. The zero-order chi connectivity index (χ0) is 15.8. The van der Waals surface area contributed by atoms with Crippen molar-refractivity contribution in [3.8, 4) is 0 Å². The second-order valence-corrected chi connectivity index (χ2v) is 8.81. The van der Waals surface area contributed by atoms with Gasteiger partial charge in [0.15, 0.2) is 0 Å². The van der Waals surface area contributed by atoms with E-state index in [1.54, 1.807) is 0 Å². The third-order valence-electron chi connectivity index (χ3n) is 2.21. The first kappa shape index (κ1) is 22.2. The van der Waals surface area contributed by atoms with E-state index in [9.17, 15) is 0 Å². The molecule has 0 radical (unpaired) electrons. The lowest BCUT2D eigenvalue weighted by Gasteiger charge is -2.21. The van der Waals surface area contributed by atoms with Crippen LogP contribution in [0, 0.1) is 0 Å². The molecule has 0 fully saturated rings. The number of halogens is 8. The highest BCUT2D eigenvalue weighted by Gasteiger charge is 2.28. The van der Waals surface area contributed by atoms with Crippen molar-refractivity contribution in [3.63, 3.8) is 0 Å². The van der Waals surface area contributed by atoms with Crippen LogP contribution in [-0.2, 0) is 9.47 Å². The molecule has 0 saturated carbocycles. The van der Waals surface area contributed by atoms with E-state index in [1.165, 1.54) is 0 Å². The minimum absolute atomic E-state index is 0.404. The standard InChI is InChI=1S/C10H14Cl8O2/c11-7(12)19-9(15,16)5-3-1-2-4-6-10(17,18)20-8(13)14/h7-8H,1-6H2. The fourth-order valence-corrected chi connectivity index (χ4v) is 3.26. The average Bonchev–Trinajstić information content (AvgIpc) is 2.19. The summed E-state index contributed by atoms with van der Waals surface area (Å²) in [4.78, 5) is 0. The van der Waals surface area contributed by atoms with E-state index < -0.39 is 19.1 Å². The first-order valence-electron chi connectivity index (χ1n) is 5.72. The summed E-state index contributed by atoms with van der Waals surface area (Å²) in [7, 11) is 0. The molecule has 0 bridgehead atoms. The normalized spacial score (nSPS) is 13.5. The predicted molar refractivity (Wildman–Crippen MR) is 89.7 cm³/mol. The smallest absolute Gasteiger partial charge is 0.219 e. The molecule has 0 aliphatic carbocycles. The molecule has 0 aromatic heterocycles. The van der Waals surface area contributed by atoms with Crippen molar-refractivity contribution in [1.82, 2.24) is 0 Å². The van der Waals surface area contributed by atoms with E-state index in [4.69, 9.17) is 102 Å². The Bertz CT molecular complexity index is 234. The van der Waals surface area contributed by atoms with Crippen molar-refractivity contribution >= 4 is 92.8 Å². The summed E-state index contributed by atoms with van der Waals surface area (Å²) in [6.07, 6.45) is 3.99. The summed E-state index contributed by atoms with van der Waals surface area (Å²) in [5.41, 5.74) is 0. The third-order valence-corrected chi connectivity index (χ3v) is 3.68. The lowest BCUT2D eigenvalue weighted by atomic mass is 10.1. The van der Waals surface area contributed by atoms with Crippen LogP contribution in [0.5, 0.6) is 0 Å². The van der Waals surface area contributed by atoms with Gasteiger partial charge in [-0.1, -0.05) is 106 Å². The second kappa shape index (κ2) is 10.9. The predicted octanol–water partition coefficient (Wildman–Crippen LogP) is 7.15. The van der Waals surface area contributed by atoms with E-state index in [0.717, 1.165) is 25.7 Å². The summed E-state index contributed by atoms with van der Waals surface area (Å²) < 4.78 is 7.06. The van der Waals surface area contributed by atoms with Crippen molar-refractivity contribution in [2.75, 3.05) is 0 Å². The van der Waals surface area contributed by atoms with Gasteiger partial charge in [0.05, 0.1) is 0 Å². The first-order valence-corrected chi connectivity index (χ1v) is 8.97. The lowest BCUT2D eigenvalue weighted by molar-refractivity contribution is 0.0827. The van der Waals surface area contributed by atoms with E-state index in [0.29, 0.717) is 12.8 Å². The molecule has 0 N–H and O–H groups in total. The average molecular weight is 450 g/mol. The van der Waals surface area contributed by atoms with E-state index in [2.05, 4.69) is 0 Å². The summed E-state index contributed by atoms with van der Waals surface area (Å²) >= 11 is 45.1. The molecule has 0 rings (SSSR count). The molecule has 2 nitrogen and oxygen atoms in total. The highest BCUT2D eigenvalue weighted by Crippen LogP contribution is 2.34. The van der Waals surface area contributed by atoms with Gasteiger partial charge in [-0.25, -0.2) is 0 Å². The van der Waals surface area contributed by atoms with Gasteiger partial charge in [-0.2, -0.15) is 0 Å². The van der Waals surface area contributed by atoms with E-state index in [-0.39, 0.29) is 0 Å². The monoisotopic (exact) mass is 446 g/mol. The zero-order valence-corrected chi connectivity index (χ0v) is 16.3. The number of ether oxygens (including phenoxy) is 2. The topological polar surface area (TPSA) is 18.5 Å². The minimum atomic E-state index is -1.38. The van der Waals surface area contributed by atoms with Crippen molar-refractivity contribution in [2.45, 2.75) is 57.6 Å². The van der Waals surface area contributed by atoms with Crippen LogP contribution in [0.3, 0.4) is 0 Å². The minimum Gasteiger partial charge on any atom is -0.313 e. The second-order valence-electron chi connectivity index (χ2n) is 3.95. The van der Waals surface area contributed by atoms with Gasteiger partial charge in [0.1, 0.15) is 0 Å². The van der Waals surface area contributed by atoms with Crippen LogP contribution in [0.15, 0.2) is 0 Å². The van der Waals surface area contributed by atoms with Crippen LogP contribution < -0.4 is 0 Å². The van der Waals surface area contributed by atoms with Gasteiger partial charge in [0.2, 0.25) is 19.1 Å². The van der Waals surface area contributed by atoms with Gasteiger partial charge in [0, 0.05) is 12.8 Å². The lowest BCUT2D eigenvalue weighted by Crippen LogP contribution is -2.20. The van der Waals surface area contributed by atoms with Crippen LogP contribution in [0.4, 0.5) is 0 Å². The molecule has 10 heteroatoms. The maximum atomic E-state index is 5.86. The highest BCUT2D eigenvalue weighted by molar-refractivity contribution is 6.49. The van der Waals surface area contributed by atoms with Crippen LogP contribution in [-0.4, -0.2) is 19.1 Å². The van der Waals surface area contributed by atoms with E-state index in [1.807, 2.05) is 0 Å². The number of alkyl halides is 8. The van der Waals surface area contributed by atoms with Gasteiger partial charge >= 0.3 is 0 Å². The van der Waals surface area contributed by atoms with Crippen molar-refractivity contribution in [3.05, 3.63) is 0 Å². The largest absolute Gasteiger partial charge is 0.313 e. The number of hydrogen-bond donors (Lipinski definition) is 0. The van der Waals surface area contributed by atoms with Crippen LogP contribution in [0.1, 0.15) is 38.5 Å². The molecule has 0 aliphatic heterocycles. The Labute approximate surface area is 159 Å². The van der Waals surface area contributed by atoms with Crippen LogP contribution in [0.25, 0.3) is 0 Å². The molecule has 122 valence electrons. The maximum Gasteiger partial charge on any atom is 0.219 e. The quantitative estimate of drug-likeness (QED) is 0.246. The Morgan fingerprint density at radius 1 is 0.600 bits per heavy atom. The molecule has 0 aliphatic rings. The maximum absolute atomic E-state index is 5.86. The van der Waals surface area contributed by atoms with Gasteiger partial charge < -0.3 is 9.47 Å². The van der Waals surface area contributed by atoms with Gasteiger partial charge in [-0.05, 0) is 12.8 Å². The van der Waals surface area contributed by atoms with Crippen LogP contribution >= 0.6 is 92.8 Å². The molecular formula is C10H14Cl8O2. The fourth-order valence-electron chi connectivity index (χ4n) is 1.39. The van der Waals surface area contributed by atoms with Crippen molar-refractivity contribution < 1.29 is 9.47 Å². The SMILES string of the molecule is ClC(Cl)OC(Cl)(Cl)CCCCCCC(Cl)(Cl)OC(Cl)Cl. The molecule has 0 heterocycles. The van der Waals surface area contributed by atoms with Gasteiger partial charge in [-0.15, -0.1) is 0 Å². The Morgan fingerprint density at radius 3 is 1.15 bits per heavy atom. The van der Waals surface area contributed by atoms with Crippen molar-refractivity contribution in [1.29, 1.82) is 0 Å². The Hall–Kier alpha value is 2.24. The van der Waals surface area contributed by atoms with Gasteiger partial charge in [0.25, 0.3) is 0 Å². The number of unbranched alkanes of at least 4 members (excludes halogenated alkanes) is 3. The van der Waals surface area contributed by atoms with Crippen LogP contribution in [0.2, 0.25) is 0 Å². The number of hydrogen-bond acceptors (Lipinski definition) is 2. The number of rotatable bonds is 11. The zero-order valence-electron chi connectivity index (χ0n) is 10.2. The summed E-state index contributed by atoms with van der Waals surface area (Å²) in [5.74, 6) is 0. The summed E-state index contributed by atoms with van der Waals surface area (Å²) in [6.45, 7) is 0. The van der Waals surface area contributed by atoms with Gasteiger partial charge in [-0.3, -0.25) is 0 Å². The Kier molecular flexibility index (Phi) is 12.1. The molecule has 20 heavy (non-hydrogen) atoms. The summed E-state index contributed by atoms with van der Waals surface area (Å²) in [5, 5.41) is -2.12. The summed E-state index contributed by atoms with van der Waals surface area (Å²) in [6, 6.07) is 0. The molecule has 0 atom stereocenters.